The number of aromatic nitrogens is 1. The highest BCUT2D eigenvalue weighted by atomic mass is 35.5. The minimum absolute atomic E-state index is 0.0594. The van der Waals surface area contributed by atoms with E-state index in [9.17, 15) is 9.90 Å². The standard InChI is InChI=1S/C29H22Cl2N2O3S/c1-2-36-24-13-16(7-12-23(24)34)14-25-28(35)33-27(20-11-9-18(30)15-22(20)31)21-10-8-17-5-3-4-6-19(17)26(21)32-29(33)37-25/h3-7,9,11-15,27,34H,2,8,10H2,1H3. The van der Waals surface area contributed by atoms with E-state index >= 15 is 0 Å². The van der Waals surface area contributed by atoms with Crippen molar-refractivity contribution in [3.05, 3.63) is 118 Å². The third kappa shape index (κ3) is 4.19. The second-order valence-corrected chi connectivity index (χ2v) is 10.8. The number of ether oxygens (including phenoxy) is 1. The molecule has 6 rings (SSSR count). The van der Waals surface area contributed by atoms with Crippen molar-refractivity contribution >= 4 is 46.3 Å². The van der Waals surface area contributed by atoms with E-state index in [4.69, 9.17) is 32.9 Å². The van der Waals surface area contributed by atoms with E-state index < -0.39 is 0 Å². The molecule has 0 saturated heterocycles. The summed E-state index contributed by atoms with van der Waals surface area (Å²) in [6.45, 7) is 2.28. The summed E-state index contributed by atoms with van der Waals surface area (Å²) in [4.78, 5) is 19.5. The SMILES string of the molecule is CCOc1cc(C=c2sc3n(c2=O)C(c2ccc(Cl)cc2Cl)C2=C(N=3)c3ccccc3CC2)ccc1O. The van der Waals surface area contributed by atoms with Gasteiger partial charge in [0.2, 0.25) is 0 Å². The Labute approximate surface area is 227 Å². The molecule has 3 aromatic carbocycles. The first-order valence-corrected chi connectivity index (χ1v) is 13.6. The molecule has 1 aromatic heterocycles. The molecule has 0 amide bonds. The third-order valence-electron chi connectivity index (χ3n) is 6.71. The van der Waals surface area contributed by atoms with Crippen LogP contribution >= 0.6 is 34.5 Å². The monoisotopic (exact) mass is 548 g/mol. The quantitative estimate of drug-likeness (QED) is 0.354. The number of rotatable bonds is 4. The van der Waals surface area contributed by atoms with E-state index in [0.29, 0.717) is 31.7 Å². The minimum Gasteiger partial charge on any atom is -0.504 e. The van der Waals surface area contributed by atoms with Crippen LogP contribution in [-0.4, -0.2) is 16.3 Å². The summed E-state index contributed by atoms with van der Waals surface area (Å²) < 4.78 is 7.81. The van der Waals surface area contributed by atoms with E-state index in [1.165, 1.54) is 16.9 Å². The van der Waals surface area contributed by atoms with E-state index in [-0.39, 0.29) is 17.4 Å². The Morgan fingerprint density at radius 2 is 1.97 bits per heavy atom. The molecular formula is C29H22Cl2N2O3S. The highest BCUT2D eigenvalue weighted by Crippen LogP contribution is 2.43. The molecule has 37 heavy (non-hydrogen) atoms. The molecule has 5 nitrogen and oxygen atoms in total. The van der Waals surface area contributed by atoms with E-state index in [2.05, 4.69) is 12.1 Å². The molecule has 186 valence electrons. The lowest BCUT2D eigenvalue weighted by molar-refractivity contribution is 0.318. The van der Waals surface area contributed by atoms with Crippen LogP contribution in [0.5, 0.6) is 11.5 Å². The molecule has 2 heterocycles. The van der Waals surface area contributed by atoms with Crippen molar-refractivity contribution in [1.82, 2.24) is 4.57 Å². The normalized spacial score (nSPS) is 16.6. The zero-order chi connectivity index (χ0) is 25.7. The number of allylic oxidation sites excluding steroid dienone is 1. The van der Waals surface area contributed by atoms with Gasteiger partial charge in [-0.05, 0) is 72.4 Å². The first-order chi connectivity index (χ1) is 17.9. The van der Waals surface area contributed by atoms with Crippen molar-refractivity contribution < 1.29 is 9.84 Å². The number of benzene rings is 3. The van der Waals surface area contributed by atoms with E-state index in [1.54, 1.807) is 34.9 Å². The number of phenols is 1. The molecule has 4 aromatic rings. The van der Waals surface area contributed by atoms with Crippen LogP contribution < -0.4 is 19.6 Å². The predicted molar refractivity (Wildman–Crippen MR) is 148 cm³/mol. The molecule has 0 bridgehead atoms. The zero-order valence-corrected chi connectivity index (χ0v) is 22.2. The Morgan fingerprint density at radius 3 is 2.78 bits per heavy atom. The Bertz CT molecular complexity index is 1770. The van der Waals surface area contributed by atoms with E-state index in [1.807, 2.05) is 31.2 Å². The fraction of sp³-hybridized carbons (Fsp3) is 0.172. The van der Waals surface area contributed by atoms with Crippen LogP contribution in [0.15, 0.2) is 76.0 Å². The molecular weight excluding hydrogens is 527 g/mol. The number of aryl methyl sites for hydroxylation is 1. The summed E-state index contributed by atoms with van der Waals surface area (Å²) in [5, 5.41) is 11.1. The van der Waals surface area contributed by atoms with Gasteiger partial charge in [-0.15, -0.1) is 0 Å². The minimum atomic E-state index is -0.384. The summed E-state index contributed by atoms with van der Waals surface area (Å²) in [6, 6.07) is 18.4. The first kappa shape index (κ1) is 24.0. The number of phenolic OH excluding ortho intramolecular Hbond substituents is 1. The number of hydrogen-bond acceptors (Lipinski definition) is 5. The average Bonchev–Trinajstić information content (AvgIpc) is 3.19. The lowest BCUT2D eigenvalue weighted by Crippen LogP contribution is -2.38. The van der Waals surface area contributed by atoms with Crippen molar-refractivity contribution in [1.29, 1.82) is 0 Å². The van der Waals surface area contributed by atoms with Crippen LogP contribution in [0.4, 0.5) is 0 Å². The average molecular weight is 549 g/mol. The van der Waals surface area contributed by atoms with Gasteiger partial charge >= 0.3 is 0 Å². The van der Waals surface area contributed by atoms with Crippen molar-refractivity contribution in [3.8, 4) is 11.5 Å². The van der Waals surface area contributed by atoms with Crippen LogP contribution in [0.25, 0.3) is 11.8 Å². The van der Waals surface area contributed by atoms with Crippen molar-refractivity contribution in [2.45, 2.75) is 25.8 Å². The van der Waals surface area contributed by atoms with Gasteiger partial charge in [-0.3, -0.25) is 9.36 Å². The second kappa shape index (κ2) is 9.53. The topological polar surface area (TPSA) is 63.8 Å². The number of halogens is 2. The number of hydrogen-bond donors (Lipinski definition) is 1. The van der Waals surface area contributed by atoms with Gasteiger partial charge in [0.05, 0.1) is 22.9 Å². The van der Waals surface area contributed by atoms with Gasteiger partial charge in [-0.2, -0.15) is 0 Å². The number of aromatic hydroxyl groups is 1. The molecule has 1 atom stereocenters. The molecule has 1 unspecified atom stereocenters. The summed E-state index contributed by atoms with van der Waals surface area (Å²) in [6.07, 6.45) is 3.45. The molecule has 0 saturated carbocycles. The third-order valence-corrected chi connectivity index (χ3v) is 8.26. The maximum Gasteiger partial charge on any atom is 0.271 e. The highest BCUT2D eigenvalue weighted by Gasteiger charge is 2.33. The first-order valence-electron chi connectivity index (χ1n) is 12.0. The Kier molecular flexibility index (Phi) is 6.19. The molecule has 0 fully saturated rings. The van der Waals surface area contributed by atoms with Crippen molar-refractivity contribution in [3.63, 3.8) is 0 Å². The summed E-state index contributed by atoms with van der Waals surface area (Å²) >= 11 is 14.3. The zero-order valence-electron chi connectivity index (χ0n) is 19.9. The molecule has 2 aliphatic rings. The summed E-state index contributed by atoms with van der Waals surface area (Å²) in [5.74, 6) is 0.436. The number of fused-ring (bicyclic) bond motifs is 3. The number of thiazole rings is 1. The molecule has 1 aliphatic heterocycles. The maximum atomic E-state index is 13.9. The van der Waals surface area contributed by atoms with Gasteiger partial charge in [-0.25, -0.2) is 4.99 Å². The van der Waals surface area contributed by atoms with Crippen molar-refractivity contribution in [2.24, 2.45) is 4.99 Å². The lowest BCUT2D eigenvalue weighted by Gasteiger charge is -2.31. The largest absolute Gasteiger partial charge is 0.504 e. The fourth-order valence-electron chi connectivity index (χ4n) is 5.07. The van der Waals surface area contributed by atoms with Gasteiger partial charge in [-0.1, -0.05) is 70.9 Å². The number of nitrogens with zero attached hydrogens (tertiary/aromatic N) is 2. The maximum absolute atomic E-state index is 13.9. The molecule has 1 N–H and O–H groups in total. The van der Waals surface area contributed by atoms with Gasteiger partial charge < -0.3 is 9.84 Å². The Morgan fingerprint density at radius 1 is 1.14 bits per heavy atom. The van der Waals surface area contributed by atoms with Crippen LogP contribution in [0.2, 0.25) is 10.0 Å². The molecule has 0 spiro atoms. The van der Waals surface area contributed by atoms with Crippen molar-refractivity contribution in [2.75, 3.05) is 6.61 Å². The second-order valence-electron chi connectivity index (χ2n) is 8.94. The molecule has 8 heteroatoms. The van der Waals surface area contributed by atoms with Gasteiger partial charge in [0.1, 0.15) is 0 Å². The van der Waals surface area contributed by atoms with Gasteiger partial charge in [0, 0.05) is 15.6 Å². The summed E-state index contributed by atoms with van der Waals surface area (Å²) in [5.41, 5.74) is 5.76. The molecule has 0 radical (unpaired) electrons. The van der Waals surface area contributed by atoms with E-state index in [0.717, 1.165) is 40.8 Å². The fourth-order valence-corrected chi connectivity index (χ4v) is 6.58. The smallest absolute Gasteiger partial charge is 0.271 e. The summed E-state index contributed by atoms with van der Waals surface area (Å²) in [7, 11) is 0. The molecule has 1 aliphatic carbocycles. The van der Waals surface area contributed by atoms with Crippen LogP contribution in [0, 0.1) is 0 Å². The Hall–Kier alpha value is -3.32. The highest BCUT2D eigenvalue weighted by molar-refractivity contribution is 7.07. The Balaban J connectivity index is 1.60. The van der Waals surface area contributed by atoms with Gasteiger partial charge in [0.15, 0.2) is 16.3 Å². The van der Waals surface area contributed by atoms with Crippen LogP contribution in [0.3, 0.4) is 0 Å². The van der Waals surface area contributed by atoms with Gasteiger partial charge in [0.25, 0.3) is 5.56 Å². The van der Waals surface area contributed by atoms with Crippen LogP contribution in [0.1, 0.15) is 41.6 Å². The predicted octanol–water partition coefficient (Wildman–Crippen LogP) is 5.73. The lowest BCUT2D eigenvalue weighted by atomic mass is 9.83. The van der Waals surface area contributed by atoms with Crippen LogP contribution in [-0.2, 0) is 6.42 Å².